The number of piperidine rings is 1. The van der Waals surface area contributed by atoms with Crippen LogP contribution in [-0.4, -0.2) is 52.8 Å². The molecule has 25 heavy (non-hydrogen) atoms. The molecule has 0 aromatic carbocycles. The van der Waals surface area contributed by atoms with Crippen molar-refractivity contribution >= 4 is 5.95 Å². The van der Waals surface area contributed by atoms with Crippen molar-refractivity contribution < 1.29 is 18.3 Å². The summed E-state index contributed by atoms with van der Waals surface area (Å²) in [6.07, 6.45) is 0.245. The van der Waals surface area contributed by atoms with Crippen LogP contribution in [0, 0.1) is 5.92 Å². The van der Waals surface area contributed by atoms with E-state index in [1.54, 1.807) is 0 Å². The van der Waals surface area contributed by atoms with Crippen molar-refractivity contribution in [2.45, 2.75) is 44.7 Å². The molecule has 3 rings (SSSR count). The second-order valence-electron chi connectivity index (χ2n) is 6.94. The summed E-state index contributed by atoms with van der Waals surface area (Å²) in [6, 6.07) is 0. The summed E-state index contributed by atoms with van der Waals surface area (Å²) < 4.78 is 39.9. The molecule has 0 bridgehead atoms. The first kappa shape index (κ1) is 18.4. The molecule has 0 saturated carbocycles. The Labute approximate surface area is 145 Å². The van der Waals surface area contributed by atoms with E-state index >= 15 is 0 Å². The minimum Gasteiger partial charge on any atom is -0.396 e. The normalized spacial score (nSPS) is 21.8. The van der Waals surface area contributed by atoms with Crippen LogP contribution in [0.5, 0.6) is 0 Å². The Morgan fingerprint density at radius 2 is 1.96 bits per heavy atom. The average molecular weight is 358 g/mol. The van der Waals surface area contributed by atoms with Gasteiger partial charge in [-0.2, -0.15) is 13.2 Å². The van der Waals surface area contributed by atoms with Crippen LogP contribution in [0.2, 0.25) is 0 Å². The molecule has 0 spiro atoms. The molecule has 1 aromatic heterocycles. The number of aromatic nitrogens is 2. The Hall–Kier alpha value is -1.41. The molecule has 5 nitrogen and oxygen atoms in total. The fraction of sp³-hybridized carbons (Fsp3) is 0.765. The predicted octanol–water partition coefficient (Wildman–Crippen LogP) is 2.49. The van der Waals surface area contributed by atoms with Gasteiger partial charge in [0, 0.05) is 37.5 Å². The maximum absolute atomic E-state index is 13.3. The Bertz CT molecular complexity index is 594. The molecule has 0 radical (unpaired) electrons. The summed E-state index contributed by atoms with van der Waals surface area (Å²) in [4.78, 5) is 10.3. The standard InChI is InChI=1S/C17H25F3N4O/c18-17(19,20)15-13-5-1-2-6-14(13)22-16(23-15)21-7-9-24-8-3-4-12(10-24)11-25/h12,25H,1-11H2,(H,21,22,23). The number of rotatable bonds is 5. The summed E-state index contributed by atoms with van der Waals surface area (Å²) in [5, 5.41) is 12.2. The molecule has 1 saturated heterocycles. The van der Waals surface area contributed by atoms with Gasteiger partial charge in [0.1, 0.15) is 0 Å². The second kappa shape index (κ2) is 7.86. The molecule has 1 fully saturated rings. The van der Waals surface area contributed by atoms with Crippen molar-refractivity contribution in [3.8, 4) is 0 Å². The molecule has 1 aliphatic carbocycles. The van der Waals surface area contributed by atoms with Gasteiger partial charge in [-0.3, -0.25) is 0 Å². The Morgan fingerprint density at radius 1 is 1.16 bits per heavy atom. The number of nitrogens with one attached hydrogen (secondary N) is 1. The lowest BCUT2D eigenvalue weighted by atomic mass is 9.94. The number of alkyl halides is 3. The maximum atomic E-state index is 13.3. The lowest BCUT2D eigenvalue weighted by Crippen LogP contribution is -2.39. The van der Waals surface area contributed by atoms with Crippen molar-refractivity contribution in [2.75, 3.05) is 38.1 Å². The molecule has 1 aromatic rings. The predicted molar refractivity (Wildman–Crippen MR) is 88.4 cm³/mol. The molecule has 0 amide bonds. The fourth-order valence-electron chi connectivity index (χ4n) is 3.74. The molecule has 1 atom stereocenters. The van der Waals surface area contributed by atoms with Crippen LogP contribution >= 0.6 is 0 Å². The average Bonchev–Trinajstić information content (AvgIpc) is 2.60. The van der Waals surface area contributed by atoms with Crippen molar-refractivity contribution in [2.24, 2.45) is 5.92 Å². The number of nitrogens with zero attached hydrogens (tertiary/aromatic N) is 3. The number of halogens is 3. The van der Waals surface area contributed by atoms with Gasteiger partial charge in [0.05, 0.1) is 0 Å². The Morgan fingerprint density at radius 3 is 2.72 bits per heavy atom. The van der Waals surface area contributed by atoms with Crippen molar-refractivity contribution in [1.82, 2.24) is 14.9 Å². The van der Waals surface area contributed by atoms with E-state index in [0.717, 1.165) is 38.8 Å². The number of hydrogen-bond acceptors (Lipinski definition) is 5. The zero-order valence-corrected chi connectivity index (χ0v) is 14.3. The van der Waals surface area contributed by atoms with Crippen LogP contribution in [-0.2, 0) is 19.0 Å². The third-order valence-electron chi connectivity index (χ3n) is 5.02. The van der Waals surface area contributed by atoms with Gasteiger partial charge in [0.25, 0.3) is 0 Å². The van der Waals surface area contributed by atoms with Crippen molar-refractivity contribution in [3.63, 3.8) is 0 Å². The molecule has 140 valence electrons. The minimum absolute atomic E-state index is 0.0729. The number of anilines is 1. The summed E-state index contributed by atoms with van der Waals surface area (Å²) >= 11 is 0. The number of aliphatic hydroxyl groups excluding tert-OH is 1. The first-order valence-corrected chi connectivity index (χ1v) is 9.01. The SMILES string of the molecule is OCC1CCCN(CCNc2nc3c(c(C(F)(F)F)n2)CCCC3)C1. The second-order valence-corrected chi connectivity index (χ2v) is 6.94. The van der Waals surface area contributed by atoms with Gasteiger partial charge in [-0.15, -0.1) is 0 Å². The summed E-state index contributed by atoms with van der Waals surface area (Å²) in [5.74, 6) is 0.370. The van der Waals surface area contributed by atoms with Gasteiger partial charge in [0.2, 0.25) is 5.95 Å². The molecular formula is C17H25F3N4O. The minimum atomic E-state index is -4.44. The van der Waals surface area contributed by atoms with Crippen LogP contribution in [0.25, 0.3) is 0 Å². The van der Waals surface area contributed by atoms with Crippen LogP contribution in [0.1, 0.15) is 42.6 Å². The quantitative estimate of drug-likeness (QED) is 0.847. The number of aryl methyl sites for hydroxylation is 1. The number of fused-ring (bicyclic) bond motifs is 1. The molecule has 1 unspecified atom stereocenters. The smallest absolute Gasteiger partial charge is 0.396 e. The van der Waals surface area contributed by atoms with Gasteiger partial charge < -0.3 is 15.3 Å². The fourth-order valence-corrected chi connectivity index (χ4v) is 3.74. The van der Waals surface area contributed by atoms with E-state index in [9.17, 15) is 18.3 Å². The van der Waals surface area contributed by atoms with E-state index < -0.39 is 11.9 Å². The van der Waals surface area contributed by atoms with E-state index in [-0.39, 0.29) is 18.1 Å². The first-order valence-electron chi connectivity index (χ1n) is 9.01. The van der Waals surface area contributed by atoms with Gasteiger partial charge in [-0.25, -0.2) is 9.97 Å². The first-order chi connectivity index (χ1) is 12.0. The zero-order chi connectivity index (χ0) is 17.9. The zero-order valence-electron chi connectivity index (χ0n) is 14.3. The van der Waals surface area contributed by atoms with Gasteiger partial charge in [0.15, 0.2) is 5.69 Å². The molecule has 2 aliphatic rings. The molecule has 2 heterocycles. The topological polar surface area (TPSA) is 61.3 Å². The monoisotopic (exact) mass is 358 g/mol. The van der Waals surface area contributed by atoms with E-state index in [2.05, 4.69) is 20.2 Å². The summed E-state index contributed by atoms with van der Waals surface area (Å²) in [7, 11) is 0. The van der Waals surface area contributed by atoms with Gasteiger partial charge in [-0.05, 0) is 51.0 Å². The highest BCUT2D eigenvalue weighted by molar-refractivity contribution is 5.37. The lowest BCUT2D eigenvalue weighted by Gasteiger charge is -2.31. The lowest BCUT2D eigenvalue weighted by molar-refractivity contribution is -0.142. The van der Waals surface area contributed by atoms with Crippen molar-refractivity contribution in [1.29, 1.82) is 0 Å². The van der Waals surface area contributed by atoms with E-state index in [4.69, 9.17) is 0 Å². The van der Waals surface area contributed by atoms with Crippen molar-refractivity contribution in [3.05, 3.63) is 17.0 Å². The number of aliphatic hydroxyl groups is 1. The third kappa shape index (κ3) is 4.61. The van der Waals surface area contributed by atoms with Gasteiger partial charge >= 0.3 is 6.18 Å². The van der Waals surface area contributed by atoms with Crippen LogP contribution in [0.3, 0.4) is 0 Å². The molecule has 2 N–H and O–H groups in total. The third-order valence-corrected chi connectivity index (χ3v) is 5.02. The number of likely N-dealkylation sites (tertiary alicyclic amines) is 1. The van der Waals surface area contributed by atoms with E-state index in [1.165, 1.54) is 0 Å². The van der Waals surface area contributed by atoms with Crippen LogP contribution in [0.15, 0.2) is 0 Å². The number of hydrogen-bond donors (Lipinski definition) is 2. The summed E-state index contributed by atoms with van der Waals surface area (Å²) in [5.41, 5.74) is 0.0264. The van der Waals surface area contributed by atoms with E-state index in [1.807, 2.05) is 0 Å². The molecule has 1 aliphatic heterocycles. The highest BCUT2D eigenvalue weighted by Gasteiger charge is 2.38. The maximum Gasteiger partial charge on any atom is 0.433 e. The Balaban J connectivity index is 1.64. The Kier molecular flexibility index (Phi) is 5.78. The van der Waals surface area contributed by atoms with Crippen LogP contribution in [0.4, 0.5) is 19.1 Å². The van der Waals surface area contributed by atoms with Gasteiger partial charge in [-0.1, -0.05) is 0 Å². The van der Waals surface area contributed by atoms with Crippen LogP contribution < -0.4 is 5.32 Å². The highest BCUT2D eigenvalue weighted by Crippen LogP contribution is 2.35. The highest BCUT2D eigenvalue weighted by atomic mass is 19.4. The molecule has 8 heteroatoms. The van der Waals surface area contributed by atoms with E-state index in [0.29, 0.717) is 37.5 Å². The molecular weight excluding hydrogens is 333 g/mol. The summed E-state index contributed by atoms with van der Waals surface area (Å²) in [6.45, 7) is 3.17. The largest absolute Gasteiger partial charge is 0.433 e.